The van der Waals surface area contributed by atoms with Crippen molar-refractivity contribution in [1.29, 1.82) is 0 Å². The molecule has 2 aromatic carbocycles. The number of fused-ring (bicyclic) bond motifs is 1. The van der Waals surface area contributed by atoms with Crippen molar-refractivity contribution in [2.45, 2.75) is 0 Å². The Balaban J connectivity index is 0.000000165. The molecule has 4 aromatic rings. The highest BCUT2D eigenvalue weighted by Gasteiger charge is 2.16. The fourth-order valence-corrected chi connectivity index (χ4v) is 4.17. The van der Waals surface area contributed by atoms with E-state index in [-0.39, 0.29) is 11.5 Å². The van der Waals surface area contributed by atoms with Crippen LogP contribution < -0.4 is 0 Å². The molecule has 2 aliphatic carbocycles. The minimum absolute atomic E-state index is 0.257. The first-order valence-corrected chi connectivity index (χ1v) is 11.6. The third-order valence-electron chi connectivity index (χ3n) is 5.96. The number of rotatable bonds is 3. The van der Waals surface area contributed by atoms with Crippen molar-refractivity contribution in [2.24, 2.45) is 0 Å². The largest absolute Gasteiger partial charge is 0.508 e. The molecule has 2 heterocycles. The van der Waals surface area contributed by atoms with Gasteiger partial charge in [-0.05, 0) is 99.1 Å². The van der Waals surface area contributed by atoms with Crippen LogP contribution in [0.4, 0.5) is 0 Å². The van der Waals surface area contributed by atoms with Gasteiger partial charge in [0.05, 0.1) is 0 Å². The molecule has 0 amide bonds. The molecule has 0 fully saturated rings. The van der Waals surface area contributed by atoms with Gasteiger partial charge in [0.2, 0.25) is 0 Å². The lowest BCUT2D eigenvalue weighted by molar-refractivity contribution is 0.474. The average Bonchev–Trinajstić information content (AvgIpc) is 3.11. The molecule has 0 spiro atoms. The van der Waals surface area contributed by atoms with E-state index < -0.39 is 0 Å². The van der Waals surface area contributed by atoms with Crippen LogP contribution in [0.25, 0.3) is 44.5 Å². The second-order valence-corrected chi connectivity index (χ2v) is 8.28. The van der Waals surface area contributed by atoms with Crippen molar-refractivity contribution in [3.8, 4) is 56.0 Å². The summed E-state index contributed by atoms with van der Waals surface area (Å²) in [7, 11) is 0. The highest BCUT2D eigenvalue weighted by Crippen LogP contribution is 2.42. The Morgan fingerprint density at radius 2 is 0.750 bits per heavy atom. The molecule has 174 valence electrons. The Hall–Kier alpha value is -4.96. The second-order valence-electron chi connectivity index (χ2n) is 8.28. The van der Waals surface area contributed by atoms with E-state index in [0.29, 0.717) is 0 Å². The van der Waals surface area contributed by atoms with Gasteiger partial charge in [0.15, 0.2) is 0 Å². The highest BCUT2D eigenvalue weighted by molar-refractivity contribution is 5.97. The van der Waals surface area contributed by atoms with Crippen LogP contribution in [-0.2, 0) is 0 Å². The Labute approximate surface area is 210 Å². The van der Waals surface area contributed by atoms with E-state index >= 15 is 0 Å². The van der Waals surface area contributed by atoms with E-state index in [4.69, 9.17) is 10.2 Å². The average molecular weight is 469 g/mol. The molecule has 4 heteroatoms. The van der Waals surface area contributed by atoms with Crippen LogP contribution in [0.1, 0.15) is 0 Å². The van der Waals surface area contributed by atoms with Crippen molar-refractivity contribution >= 4 is 0 Å². The Morgan fingerprint density at radius 1 is 0.361 bits per heavy atom. The summed E-state index contributed by atoms with van der Waals surface area (Å²) in [4.78, 5) is 8.24. The quantitative estimate of drug-likeness (QED) is 0.279. The Morgan fingerprint density at radius 3 is 1.14 bits per heavy atom. The first-order chi connectivity index (χ1) is 17.7. The van der Waals surface area contributed by atoms with E-state index in [1.165, 1.54) is 33.4 Å². The topological polar surface area (TPSA) is 66.2 Å². The molecule has 0 unspecified atom stereocenters. The second kappa shape index (κ2) is 10.5. The SMILES string of the molecule is Oc1ccc(-c2ccc(O)cc2)cc1.c1ccc2c(-c3ccncc3)cc(-c3ccncc3)c-2cc1. The zero-order chi connectivity index (χ0) is 24.7. The third kappa shape index (κ3) is 5.08. The normalized spacial score (nSPS) is 10.4. The molecule has 6 rings (SSSR count). The van der Waals surface area contributed by atoms with Gasteiger partial charge >= 0.3 is 0 Å². The van der Waals surface area contributed by atoms with Gasteiger partial charge in [-0.2, -0.15) is 0 Å². The van der Waals surface area contributed by atoms with Crippen molar-refractivity contribution in [2.75, 3.05) is 0 Å². The number of aromatic hydroxyl groups is 2. The van der Waals surface area contributed by atoms with Gasteiger partial charge in [-0.1, -0.05) is 54.6 Å². The molecular weight excluding hydrogens is 444 g/mol. The summed E-state index contributed by atoms with van der Waals surface area (Å²) < 4.78 is 0. The first-order valence-electron chi connectivity index (χ1n) is 11.6. The summed E-state index contributed by atoms with van der Waals surface area (Å²) in [5.41, 5.74) is 9.38. The van der Waals surface area contributed by atoms with Crippen LogP contribution >= 0.6 is 0 Å². The number of phenolic OH excluding ortho intramolecular Hbond substituents is 2. The van der Waals surface area contributed by atoms with Crippen molar-refractivity contribution in [3.63, 3.8) is 0 Å². The summed E-state index contributed by atoms with van der Waals surface area (Å²) in [6.45, 7) is 0. The Bertz CT molecular complexity index is 1400. The number of nitrogens with zero attached hydrogens (tertiary/aromatic N) is 2. The third-order valence-corrected chi connectivity index (χ3v) is 5.96. The lowest BCUT2D eigenvalue weighted by Crippen LogP contribution is -1.78. The van der Waals surface area contributed by atoms with Gasteiger partial charge in [-0.15, -0.1) is 0 Å². The fraction of sp³-hybridized carbons (Fsp3) is 0. The van der Waals surface area contributed by atoms with Crippen LogP contribution in [0.2, 0.25) is 0 Å². The summed E-state index contributed by atoms with van der Waals surface area (Å²) in [6, 6.07) is 35.0. The smallest absolute Gasteiger partial charge is 0.115 e. The van der Waals surface area contributed by atoms with Crippen LogP contribution in [0.3, 0.4) is 0 Å². The minimum Gasteiger partial charge on any atom is -0.508 e. The molecule has 0 saturated carbocycles. The van der Waals surface area contributed by atoms with E-state index in [9.17, 15) is 0 Å². The van der Waals surface area contributed by atoms with E-state index in [1.807, 2.05) is 49.1 Å². The van der Waals surface area contributed by atoms with Crippen LogP contribution in [-0.4, -0.2) is 20.2 Å². The van der Waals surface area contributed by atoms with Gasteiger partial charge in [-0.25, -0.2) is 0 Å². The zero-order valence-corrected chi connectivity index (χ0v) is 19.5. The number of aromatic nitrogens is 2. The first kappa shape index (κ1) is 22.8. The standard InChI is InChI=1S/C20H14N2.C12H10O2/c1-2-4-17-18(5-3-1)20(16-8-12-22-13-9-16)14-19(17)15-6-10-21-11-7-15;13-11-5-1-9(2-6-11)10-3-7-12(14)8-4-10/h1-14H;1-8,13-14H. The van der Waals surface area contributed by atoms with Crippen molar-refractivity contribution in [1.82, 2.24) is 9.97 Å². The van der Waals surface area contributed by atoms with Crippen LogP contribution in [0.5, 0.6) is 11.5 Å². The maximum atomic E-state index is 9.11. The maximum Gasteiger partial charge on any atom is 0.115 e. The van der Waals surface area contributed by atoms with Gasteiger partial charge in [0.1, 0.15) is 11.5 Å². The molecule has 0 bridgehead atoms. The molecule has 4 nitrogen and oxygen atoms in total. The molecule has 0 atom stereocenters. The molecule has 0 saturated heterocycles. The molecule has 2 N–H and O–H groups in total. The van der Waals surface area contributed by atoms with Crippen molar-refractivity contribution in [3.05, 3.63) is 134 Å². The number of benzene rings is 2. The number of pyridine rings is 2. The van der Waals surface area contributed by atoms with Gasteiger partial charge < -0.3 is 10.2 Å². The summed E-state index contributed by atoms with van der Waals surface area (Å²) in [5, 5.41) is 18.2. The summed E-state index contributed by atoms with van der Waals surface area (Å²) in [5.74, 6) is 0.514. The summed E-state index contributed by atoms with van der Waals surface area (Å²) >= 11 is 0. The lowest BCUT2D eigenvalue weighted by atomic mass is 10.0. The molecule has 0 radical (unpaired) electrons. The van der Waals surface area contributed by atoms with Crippen LogP contribution in [0.15, 0.2) is 134 Å². The highest BCUT2D eigenvalue weighted by atomic mass is 16.3. The summed E-state index contributed by atoms with van der Waals surface area (Å²) in [6.07, 6.45) is 7.35. The van der Waals surface area contributed by atoms with E-state index in [0.717, 1.165) is 11.1 Å². The monoisotopic (exact) mass is 468 g/mol. The number of phenols is 2. The van der Waals surface area contributed by atoms with E-state index in [1.54, 1.807) is 24.3 Å². The molecule has 36 heavy (non-hydrogen) atoms. The van der Waals surface area contributed by atoms with Gasteiger partial charge in [0.25, 0.3) is 0 Å². The van der Waals surface area contributed by atoms with Gasteiger partial charge in [0, 0.05) is 24.8 Å². The Kier molecular flexibility index (Phi) is 6.68. The molecule has 2 aromatic heterocycles. The van der Waals surface area contributed by atoms with Crippen molar-refractivity contribution < 1.29 is 10.2 Å². The predicted octanol–water partition coefficient (Wildman–Crippen LogP) is 7.68. The van der Waals surface area contributed by atoms with Gasteiger partial charge in [-0.3, -0.25) is 9.97 Å². The number of hydrogen-bond donors (Lipinski definition) is 2. The van der Waals surface area contributed by atoms with E-state index in [2.05, 4.69) is 70.6 Å². The zero-order valence-electron chi connectivity index (χ0n) is 19.5. The number of hydrogen-bond acceptors (Lipinski definition) is 4. The van der Waals surface area contributed by atoms with Crippen LogP contribution in [0, 0.1) is 0 Å². The minimum atomic E-state index is 0.257. The lowest BCUT2D eigenvalue weighted by Gasteiger charge is -2.02. The fourth-order valence-electron chi connectivity index (χ4n) is 4.17. The maximum absolute atomic E-state index is 9.11. The molecule has 0 aliphatic heterocycles. The molecule has 2 aliphatic rings. The molecular formula is C32H24N2O2. The predicted molar refractivity (Wildman–Crippen MR) is 145 cm³/mol.